The molecule has 0 aromatic carbocycles. The molecule has 3 rings (SSSR count). The number of carbonyl (C=O) groups is 1. The smallest absolute Gasteiger partial charge is 0.228 e. The highest BCUT2D eigenvalue weighted by atomic mass is 32.1. The molecule has 0 radical (unpaired) electrons. The van der Waals surface area contributed by atoms with Crippen molar-refractivity contribution in [2.24, 2.45) is 5.41 Å². The molecule has 5 heteroatoms. The Hall–Kier alpha value is -1.20. The molecule has 2 aromatic rings. The summed E-state index contributed by atoms with van der Waals surface area (Å²) in [5, 5.41) is 5.11. The Morgan fingerprint density at radius 1 is 1.39 bits per heavy atom. The van der Waals surface area contributed by atoms with Crippen molar-refractivity contribution >= 4 is 28.6 Å². The van der Waals surface area contributed by atoms with E-state index in [0.717, 1.165) is 36.5 Å². The second kappa shape index (κ2) is 6.73. The predicted molar refractivity (Wildman–Crippen MR) is 97.9 cm³/mol. The number of carbonyl (C=O) groups excluding carboxylic acids is 1. The Morgan fingerprint density at radius 3 is 2.91 bits per heavy atom. The number of thiazole rings is 1. The maximum Gasteiger partial charge on any atom is 0.228 e. The zero-order chi connectivity index (χ0) is 16.4. The van der Waals surface area contributed by atoms with Crippen molar-refractivity contribution < 1.29 is 4.79 Å². The Kier molecular flexibility index (Phi) is 4.87. The van der Waals surface area contributed by atoms with E-state index < -0.39 is 0 Å². The fourth-order valence-corrected chi connectivity index (χ4v) is 4.88. The zero-order valence-electron chi connectivity index (χ0n) is 14.0. The lowest BCUT2D eigenvalue weighted by molar-refractivity contribution is -0.131. The van der Waals surface area contributed by atoms with Crippen molar-refractivity contribution in [3.05, 3.63) is 28.6 Å². The maximum absolute atomic E-state index is 12.7. The minimum Gasteiger partial charge on any atom is -0.339 e. The van der Waals surface area contributed by atoms with Crippen LogP contribution in [0.1, 0.15) is 45.7 Å². The first-order valence-corrected chi connectivity index (χ1v) is 9.96. The maximum atomic E-state index is 12.7. The minimum absolute atomic E-state index is 0.236. The summed E-state index contributed by atoms with van der Waals surface area (Å²) in [7, 11) is 0. The summed E-state index contributed by atoms with van der Waals surface area (Å²) in [6.07, 6.45) is 3.78. The zero-order valence-corrected chi connectivity index (χ0v) is 15.7. The first-order chi connectivity index (χ1) is 10.9. The van der Waals surface area contributed by atoms with Gasteiger partial charge in [0.2, 0.25) is 5.91 Å². The van der Waals surface area contributed by atoms with Gasteiger partial charge in [-0.15, -0.1) is 22.7 Å². The van der Waals surface area contributed by atoms with Crippen molar-refractivity contribution in [1.82, 2.24) is 9.88 Å². The van der Waals surface area contributed by atoms with Crippen LogP contribution in [0.25, 0.3) is 9.88 Å². The van der Waals surface area contributed by atoms with Crippen LogP contribution in [0.5, 0.6) is 0 Å². The van der Waals surface area contributed by atoms with E-state index in [-0.39, 0.29) is 11.3 Å². The number of hydrogen-bond donors (Lipinski definition) is 0. The molecule has 1 aliphatic heterocycles. The van der Waals surface area contributed by atoms with E-state index >= 15 is 0 Å². The van der Waals surface area contributed by atoms with Crippen molar-refractivity contribution in [2.75, 3.05) is 6.54 Å². The molecule has 23 heavy (non-hydrogen) atoms. The standard InChI is InChI=1S/C18H24N2OS2/c1-18(2,3)11-14-6-4-8-20(14)16(21)10-13-12-23-17(19-13)15-7-5-9-22-15/h5,7,9,12,14H,4,6,8,10-11H2,1-3H3. The molecule has 0 aliphatic carbocycles. The first kappa shape index (κ1) is 16.7. The molecule has 1 unspecified atom stereocenters. The highest BCUT2D eigenvalue weighted by Gasteiger charge is 2.31. The number of amides is 1. The predicted octanol–water partition coefficient (Wildman–Crippen LogP) is 4.84. The van der Waals surface area contributed by atoms with Gasteiger partial charge >= 0.3 is 0 Å². The minimum atomic E-state index is 0.236. The highest BCUT2D eigenvalue weighted by Crippen LogP contribution is 2.31. The fourth-order valence-electron chi connectivity index (χ4n) is 3.24. The third kappa shape index (κ3) is 4.21. The second-order valence-electron chi connectivity index (χ2n) is 7.45. The largest absolute Gasteiger partial charge is 0.339 e. The normalized spacial score (nSPS) is 18.6. The van der Waals surface area contributed by atoms with Crippen LogP contribution in [-0.2, 0) is 11.2 Å². The number of nitrogens with zero attached hydrogens (tertiary/aromatic N) is 2. The van der Waals surface area contributed by atoms with Gasteiger partial charge in [-0.05, 0) is 36.1 Å². The van der Waals surface area contributed by atoms with E-state index in [0.29, 0.717) is 12.5 Å². The van der Waals surface area contributed by atoms with Crippen LogP contribution in [-0.4, -0.2) is 28.4 Å². The fraction of sp³-hybridized carbons (Fsp3) is 0.556. The lowest BCUT2D eigenvalue weighted by atomic mass is 9.87. The first-order valence-electron chi connectivity index (χ1n) is 8.20. The van der Waals surface area contributed by atoms with E-state index in [2.05, 4.69) is 42.1 Å². The lowest BCUT2D eigenvalue weighted by Gasteiger charge is -2.30. The molecular formula is C18H24N2OS2. The average Bonchev–Trinajstić information content (AvgIpc) is 3.16. The molecule has 0 saturated carbocycles. The van der Waals surface area contributed by atoms with E-state index in [9.17, 15) is 4.79 Å². The molecular weight excluding hydrogens is 324 g/mol. The van der Waals surface area contributed by atoms with E-state index in [1.54, 1.807) is 22.7 Å². The van der Waals surface area contributed by atoms with Crippen LogP contribution in [0.15, 0.2) is 22.9 Å². The number of rotatable bonds is 4. The van der Waals surface area contributed by atoms with Gasteiger partial charge < -0.3 is 4.90 Å². The van der Waals surface area contributed by atoms with Gasteiger partial charge in [-0.3, -0.25) is 4.79 Å². The Labute approximate surface area is 146 Å². The molecule has 0 spiro atoms. The van der Waals surface area contributed by atoms with E-state index in [4.69, 9.17) is 0 Å². The van der Waals surface area contributed by atoms with Gasteiger partial charge in [-0.1, -0.05) is 26.8 Å². The Morgan fingerprint density at radius 2 is 2.22 bits per heavy atom. The lowest BCUT2D eigenvalue weighted by Crippen LogP contribution is -2.38. The molecule has 2 aromatic heterocycles. The van der Waals surface area contributed by atoms with Crippen molar-refractivity contribution in [3.8, 4) is 9.88 Å². The van der Waals surface area contributed by atoms with Gasteiger partial charge in [-0.2, -0.15) is 0 Å². The number of hydrogen-bond acceptors (Lipinski definition) is 4. The molecule has 1 amide bonds. The Balaban J connectivity index is 1.64. The van der Waals surface area contributed by atoms with Gasteiger partial charge in [0.15, 0.2) is 0 Å². The molecule has 3 heterocycles. The van der Waals surface area contributed by atoms with Gasteiger partial charge in [-0.25, -0.2) is 4.98 Å². The summed E-state index contributed by atoms with van der Waals surface area (Å²) in [5.41, 5.74) is 1.17. The molecule has 0 N–H and O–H groups in total. The quantitative estimate of drug-likeness (QED) is 0.792. The topological polar surface area (TPSA) is 33.2 Å². The van der Waals surface area contributed by atoms with Crippen molar-refractivity contribution in [2.45, 2.75) is 52.5 Å². The van der Waals surface area contributed by atoms with Crippen LogP contribution in [0.3, 0.4) is 0 Å². The third-order valence-corrected chi connectivity index (χ3v) is 6.09. The van der Waals surface area contributed by atoms with Crippen molar-refractivity contribution in [3.63, 3.8) is 0 Å². The molecule has 1 aliphatic rings. The summed E-state index contributed by atoms with van der Waals surface area (Å²) in [6, 6.07) is 4.51. The highest BCUT2D eigenvalue weighted by molar-refractivity contribution is 7.20. The molecule has 1 saturated heterocycles. The van der Waals surface area contributed by atoms with Gasteiger partial charge in [0, 0.05) is 18.0 Å². The molecule has 0 bridgehead atoms. The van der Waals surface area contributed by atoms with Gasteiger partial charge in [0.1, 0.15) is 5.01 Å². The summed E-state index contributed by atoms with van der Waals surface area (Å²) in [6.45, 7) is 7.66. The van der Waals surface area contributed by atoms with Crippen LogP contribution in [0, 0.1) is 5.41 Å². The van der Waals surface area contributed by atoms with Crippen LogP contribution in [0.2, 0.25) is 0 Å². The number of thiophene rings is 1. The van der Waals surface area contributed by atoms with Gasteiger partial charge in [0.05, 0.1) is 17.0 Å². The SMILES string of the molecule is CC(C)(C)CC1CCCN1C(=O)Cc1csc(-c2cccs2)n1. The second-order valence-corrected chi connectivity index (χ2v) is 9.25. The summed E-state index contributed by atoms with van der Waals surface area (Å²) in [4.78, 5) is 20.6. The van der Waals surface area contributed by atoms with Crippen molar-refractivity contribution in [1.29, 1.82) is 0 Å². The average molecular weight is 349 g/mol. The summed E-state index contributed by atoms with van der Waals surface area (Å²) >= 11 is 3.32. The summed E-state index contributed by atoms with van der Waals surface area (Å²) in [5.74, 6) is 0.236. The molecule has 1 atom stereocenters. The van der Waals surface area contributed by atoms with Crippen LogP contribution < -0.4 is 0 Å². The van der Waals surface area contributed by atoms with E-state index in [1.165, 1.54) is 4.88 Å². The monoisotopic (exact) mass is 348 g/mol. The molecule has 1 fully saturated rings. The van der Waals surface area contributed by atoms with Crippen LogP contribution in [0.4, 0.5) is 0 Å². The molecule has 124 valence electrons. The summed E-state index contributed by atoms with van der Waals surface area (Å²) < 4.78 is 0. The number of aromatic nitrogens is 1. The van der Waals surface area contributed by atoms with Gasteiger partial charge in [0.25, 0.3) is 0 Å². The van der Waals surface area contributed by atoms with E-state index in [1.807, 2.05) is 11.4 Å². The Bertz CT molecular complexity index is 655. The number of likely N-dealkylation sites (tertiary alicyclic amines) is 1. The van der Waals surface area contributed by atoms with Crippen LogP contribution >= 0.6 is 22.7 Å². The third-order valence-electron chi connectivity index (χ3n) is 4.16. The molecule has 3 nitrogen and oxygen atoms in total.